The van der Waals surface area contributed by atoms with Crippen LogP contribution in [0.5, 0.6) is 0 Å². The molecule has 2 aromatic carbocycles. The van der Waals surface area contributed by atoms with Crippen molar-refractivity contribution >= 4 is 21.7 Å². The van der Waals surface area contributed by atoms with Gasteiger partial charge in [-0.15, -0.1) is 0 Å². The lowest BCUT2D eigenvalue weighted by Gasteiger charge is -2.30. The van der Waals surface area contributed by atoms with E-state index in [0.717, 1.165) is 22.1 Å². The van der Waals surface area contributed by atoms with Gasteiger partial charge in [-0.2, -0.15) is 0 Å². The fourth-order valence-electron chi connectivity index (χ4n) is 2.33. The van der Waals surface area contributed by atoms with Crippen molar-refractivity contribution in [1.82, 2.24) is 4.90 Å². The van der Waals surface area contributed by atoms with E-state index in [-0.39, 0.29) is 5.78 Å². The molecule has 1 saturated heterocycles. The molecule has 0 aliphatic carbocycles. The molecular formula is C17H16BrNO. The van der Waals surface area contributed by atoms with Crippen LogP contribution in [0, 0.1) is 0 Å². The van der Waals surface area contributed by atoms with Gasteiger partial charge in [-0.1, -0.05) is 40.2 Å². The van der Waals surface area contributed by atoms with Crippen molar-refractivity contribution in [3.05, 3.63) is 69.7 Å². The zero-order chi connectivity index (χ0) is 13.9. The predicted octanol–water partition coefficient (Wildman–Crippen LogP) is 3.89. The molecule has 1 aliphatic rings. The predicted molar refractivity (Wildman–Crippen MR) is 83.9 cm³/mol. The van der Waals surface area contributed by atoms with Crippen LogP contribution in [-0.2, 0) is 6.54 Å². The summed E-state index contributed by atoms with van der Waals surface area (Å²) in [5.74, 6) is 0.0769. The number of nitrogens with zero attached hydrogens (tertiary/aromatic N) is 1. The van der Waals surface area contributed by atoms with Gasteiger partial charge in [0.15, 0.2) is 5.78 Å². The Kier molecular flexibility index (Phi) is 3.99. The van der Waals surface area contributed by atoms with Gasteiger partial charge in [0.05, 0.1) is 0 Å². The summed E-state index contributed by atoms with van der Waals surface area (Å²) in [5, 5.41) is 0. The minimum absolute atomic E-state index is 0.0769. The van der Waals surface area contributed by atoms with Crippen LogP contribution in [0.25, 0.3) is 0 Å². The molecular weight excluding hydrogens is 314 g/mol. The van der Waals surface area contributed by atoms with E-state index in [2.05, 4.69) is 33.0 Å². The highest BCUT2D eigenvalue weighted by Crippen LogP contribution is 2.16. The summed E-state index contributed by atoms with van der Waals surface area (Å²) in [6.45, 7) is 3.38. The second-order valence-electron chi connectivity index (χ2n) is 5.16. The van der Waals surface area contributed by atoms with Crippen molar-refractivity contribution in [2.45, 2.75) is 13.0 Å². The third kappa shape index (κ3) is 3.00. The normalized spacial score (nSPS) is 14.8. The number of hydrogen-bond donors (Lipinski definition) is 0. The third-order valence-corrected chi connectivity index (χ3v) is 4.21. The molecule has 0 spiro atoms. The maximum Gasteiger partial charge on any atom is 0.193 e. The fourth-order valence-corrected chi connectivity index (χ4v) is 2.59. The van der Waals surface area contributed by atoms with Crippen molar-refractivity contribution in [1.29, 1.82) is 0 Å². The van der Waals surface area contributed by atoms with Gasteiger partial charge in [0.25, 0.3) is 0 Å². The van der Waals surface area contributed by atoms with Crippen molar-refractivity contribution < 1.29 is 4.79 Å². The molecule has 0 unspecified atom stereocenters. The molecule has 20 heavy (non-hydrogen) atoms. The molecule has 1 fully saturated rings. The van der Waals surface area contributed by atoms with Crippen LogP contribution >= 0.6 is 15.9 Å². The minimum Gasteiger partial charge on any atom is -0.299 e. The lowest BCUT2D eigenvalue weighted by Crippen LogP contribution is -2.36. The average molecular weight is 330 g/mol. The van der Waals surface area contributed by atoms with Gasteiger partial charge in [-0.05, 0) is 49.3 Å². The molecule has 0 bridgehead atoms. The molecule has 102 valence electrons. The molecule has 1 heterocycles. The monoisotopic (exact) mass is 329 g/mol. The molecule has 2 nitrogen and oxygen atoms in total. The number of hydrogen-bond acceptors (Lipinski definition) is 2. The highest BCUT2D eigenvalue weighted by molar-refractivity contribution is 9.10. The van der Waals surface area contributed by atoms with Gasteiger partial charge in [0.2, 0.25) is 0 Å². The van der Waals surface area contributed by atoms with Gasteiger partial charge in [-0.25, -0.2) is 0 Å². The number of halogens is 1. The van der Waals surface area contributed by atoms with Crippen molar-refractivity contribution in [2.75, 3.05) is 13.1 Å². The van der Waals surface area contributed by atoms with Gasteiger partial charge in [-0.3, -0.25) is 9.69 Å². The second kappa shape index (κ2) is 5.90. The van der Waals surface area contributed by atoms with Crippen molar-refractivity contribution in [3.8, 4) is 0 Å². The molecule has 0 saturated carbocycles. The Morgan fingerprint density at radius 3 is 2.00 bits per heavy atom. The Balaban J connectivity index is 1.73. The second-order valence-corrected chi connectivity index (χ2v) is 6.08. The fraction of sp³-hybridized carbons (Fsp3) is 0.235. The summed E-state index contributed by atoms with van der Waals surface area (Å²) >= 11 is 3.38. The number of carbonyl (C=O) groups excluding carboxylic acids is 1. The maximum absolute atomic E-state index is 12.3. The first kappa shape index (κ1) is 13.5. The number of ketones is 1. The lowest BCUT2D eigenvalue weighted by molar-refractivity contribution is 0.103. The van der Waals surface area contributed by atoms with Gasteiger partial charge in [0, 0.05) is 22.1 Å². The molecule has 0 radical (unpaired) electrons. The molecule has 0 atom stereocenters. The zero-order valence-electron chi connectivity index (χ0n) is 11.2. The van der Waals surface area contributed by atoms with E-state index in [1.165, 1.54) is 25.1 Å². The molecule has 1 aliphatic heterocycles. The Morgan fingerprint density at radius 2 is 1.50 bits per heavy atom. The summed E-state index contributed by atoms with van der Waals surface area (Å²) in [6.07, 6.45) is 1.31. The van der Waals surface area contributed by atoms with E-state index in [1.54, 1.807) is 0 Å². The summed E-state index contributed by atoms with van der Waals surface area (Å²) in [7, 11) is 0. The Morgan fingerprint density at radius 1 is 0.950 bits per heavy atom. The Bertz CT molecular complexity index is 600. The van der Waals surface area contributed by atoms with E-state index in [9.17, 15) is 4.79 Å². The van der Waals surface area contributed by atoms with Crippen LogP contribution in [0.4, 0.5) is 0 Å². The molecule has 3 rings (SSSR count). The van der Waals surface area contributed by atoms with Crippen LogP contribution in [0.3, 0.4) is 0 Å². The molecule has 0 amide bonds. The smallest absolute Gasteiger partial charge is 0.193 e. The highest BCUT2D eigenvalue weighted by Gasteiger charge is 2.14. The standard InChI is InChI=1S/C17H16BrNO/c18-16-8-6-15(7-9-16)17(20)14-4-2-13(3-5-14)12-19-10-1-11-19/h2-9H,1,10-12H2. The molecule has 2 aromatic rings. The quantitative estimate of drug-likeness (QED) is 0.793. The SMILES string of the molecule is O=C(c1ccc(Br)cc1)c1ccc(CN2CCC2)cc1. The number of likely N-dealkylation sites (tertiary alicyclic amines) is 1. The number of rotatable bonds is 4. The maximum atomic E-state index is 12.3. The van der Waals surface area contributed by atoms with E-state index in [4.69, 9.17) is 0 Å². The van der Waals surface area contributed by atoms with Crippen LogP contribution in [0.2, 0.25) is 0 Å². The van der Waals surface area contributed by atoms with Gasteiger partial charge < -0.3 is 0 Å². The van der Waals surface area contributed by atoms with Crippen molar-refractivity contribution in [3.63, 3.8) is 0 Å². The first-order valence-electron chi connectivity index (χ1n) is 6.84. The van der Waals surface area contributed by atoms with Gasteiger partial charge in [0.1, 0.15) is 0 Å². The van der Waals surface area contributed by atoms with Gasteiger partial charge >= 0.3 is 0 Å². The highest BCUT2D eigenvalue weighted by atomic mass is 79.9. The first-order valence-corrected chi connectivity index (χ1v) is 7.63. The largest absolute Gasteiger partial charge is 0.299 e. The number of benzene rings is 2. The van der Waals surface area contributed by atoms with E-state index < -0.39 is 0 Å². The molecule has 3 heteroatoms. The third-order valence-electron chi connectivity index (χ3n) is 3.68. The van der Waals surface area contributed by atoms with E-state index in [0.29, 0.717) is 0 Å². The summed E-state index contributed by atoms with van der Waals surface area (Å²) in [5.41, 5.74) is 2.75. The lowest BCUT2D eigenvalue weighted by atomic mass is 10.0. The summed E-state index contributed by atoms with van der Waals surface area (Å²) < 4.78 is 0.985. The van der Waals surface area contributed by atoms with E-state index >= 15 is 0 Å². The van der Waals surface area contributed by atoms with Crippen LogP contribution in [-0.4, -0.2) is 23.8 Å². The molecule has 0 N–H and O–H groups in total. The summed E-state index contributed by atoms with van der Waals surface area (Å²) in [6, 6.07) is 15.5. The summed E-state index contributed by atoms with van der Waals surface area (Å²) in [4.78, 5) is 14.7. The Labute approximate surface area is 127 Å². The Hall–Kier alpha value is -1.45. The topological polar surface area (TPSA) is 20.3 Å². The molecule has 0 aromatic heterocycles. The van der Waals surface area contributed by atoms with Crippen LogP contribution < -0.4 is 0 Å². The van der Waals surface area contributed by atoms with Crippen molar-refractivity contribution in [2.24, 2.45) is 0 Å². The number of carbonyl (C=O) groups is 1. The van der Waals surface area contributed by atoms with E-state index in [1.807, 2.05) is 36.4 Å². The average Bonchev–Trinajstić information content (AvgIpc) is 2.44. The first-order chi connectivity index (χ1) is 9.72. The van der Waals surface area contributed by atoms with Crippen LogP contribution in [0.1, 0.15) is 27.9 Å². The van der Waals surface area contributed by atoms with Crippen LogP contribution in [0.15, 0.2) is 53.0 Å². The zero-order valence-corrected chi connectivity index (χ0v) is 12.8. The minimum atomic E-state index is 0.0769.